The molecule has 0 spiro atoms. The Balaban J connectivity index is 2.15. The fourth-order valence-electron chi connectivity index (χ4n) is 3.22. The first-order chi connectivity index (χ1) is 13.7. The standard InChI is InChI=1S/C21H20ClF3N2O2/c1-13-6-11-16-17(26-13)4-3-5-18(16)27-19(14-7-9-15(22)10-8-14)20(28,12-29-2)21(23,24)25/h3-11,19,27-28H,12H2,1-2H3. The molecule has 4 nitrogen and oxygen atoms in total. The van der Waals surface area contributed by atoms with Gasteiger partial charge in [0.1, 0.15) is 0 Å². The molecule has 0 saturated heterocycles. The molecule has 0 aliphatic carbocycles. The number of benzene rings is 2. The van der Waals surface area contributed by atoms with Crippen molar-refractivity contribution in [1.29, 1.82) is 0 Å². The number of nitrogens with zero attached hydrogens (tertiary/aromatic N) is 1. The van der Waals surface area contributed by atoms with Gasteiger partial charge in [-0.3, -0.25) is 4.98 Å². The minimum atomic E-state index is -4.96. The number of hydrogen-bond acceptors (Lipinski definition) is 4. The van der Waals surface area contributed by atoms with Gasteiger partial charge >= 0.3 is 6.18 Å². The normalized spacial score (nSPS) is 15.1. The highest BCUT2D eigenvalue weighted by molar-refractivity contribution is 6.30. The number of hydrogen-bond donors (Lipinski definition) is 2. The molecular weight excluding hydrogens is 405 g/mol. The van der Waals surface area contributed by atoms with Crippen LogP contribution in [0.5, 0.6) is 0 Å². The predicted octanol–water partition coefficient (Wildman–Crippen LogP) is 5.29. The van der Waals surface area contributed by atoms with Crippen molar-refractivity contribution in [3.63, 3.8) is 0 Å². The zero-order chi connectivity index (χ0) is 21.2. The van der Waals surface area contributed by atoms with Crippen LogP contribution < -0.4 is 5.32 Å². The maximum Gasteiger partial charge on any atom is 0.421 e. The smallest absolute Gasteiger partial charge is 0.381 e. The molecule has 0 bridgehead atoms. The Hall–Kier alpha value is -2.35. The van der Waals surface area contributed by atoms with Crippen LogP contribution in [0, 0.1) is 6.92 Å². The number of alkyl halides is 3. The molecule has 8 heteroatoms. The summed E-state index contributed by atoms with van der Waals surface area (Å²) in [5.74, 6) is 0. The summed E-state index contributed by atoms with van der Waals surface area (Å²) < 4.78 is 46.7. The quantitative estimate of drug-likeness (QED) is 0.564. The third kappa shape index (κ3) is 4.32. The van der Waals surface area contributed by atoms with Gasteiger partial charge < -0.3 is 15.2 Å². The van der Waals surface area contributed by atoms with Gasteiger partial charge in [0.15, 0.2) is 0 Å². The highest BCUT2D eigenvalue weighted by Crippen LogP contribution is 2.43. The van der Waals surface area contributed by atoms with E-state index in [1.807, 2.05) is 6.92 Å². The molecular formula is C21H20ClF3N2O2. The Labute approximate surface area is 171 Å². The Morgan fingerprint density at radius 2 is 1.79 bits per heavy atom. The van der Waals surface area contributed by atoms with E-state index in [1.165, 1.54) is 24.3 Å². The zero-order valence-corrected chi connectivity index (χ0v) is 16.6. The van der Waals surface area contributed by atoms with E-state index in [0.29, 0.717) is 21.6 Å². The molecule has 3 rings (SSSR count). The average molecular weight is 425 g/mol. The minimum absolute atomic E-state index is 0.211. The highest BCUT2D eigenvalue weighted by atomic mass is 35.5. The lowest BCUT2D eigenvalue weighted by Crippen LogP contribution is -2.55. The summed E-state index contributed by atoms with van der Waals surface area (Å²) in [6.07, 6.45) is -4.96. The van der Waals surface area contributed by atoms with Crippen LogP contribution in [-0.2, 0) is 4.74 Å². The summed E-state index contributed by atoms with van der Waals surface area (Å²) >= 11 is 5.90. The topological polar surface area (TPSA) is 54.4 Å². The second kappa shape index (κ2) is 8.18. The van der Waals surface area contributed by atoms with Gasteiger partial charge in [0.25, 0.3) is 0 Å². The zero-order valence-electron chi connectivity index (χ0n) is 15.8. The lowest BCUT2D eigenvalue weighted by atomic mass is 9.87. The molecule has 154 valence electrons. The summed E-state index contributed by atoms with van der Waals surface area (Å²) in [4.78, 5) is 4.41. The van der Waals surface area contributed by atoms with Gasteiger partial charge in [0, 0.05) is 28.9 Å². The molecule has 1 aromatic heterocycles. The molecule has 29 heavy (non-hydrogen) atoms. The molecule has 0 aliphatic rings. The Kier molecular flexibility index (Phi) is 6.03. The van der Waals surface area contributed by atoms with E-state index in [1.54, 1.807) is 30.3 Å². The van der Waals surface area contributed by atoms with Crippen LogP contribution in [-0.4, -0.2) is 35.6 Å². The van der Waals surface area contributed by atoms with Gasteiger partial charge in [-0.05, 0) is 48.9 Å². The van der Waals surface area contributed by atoms with Gasteiger partial charge in [-0.25, -0.2) is 0 Å². The molecule has 0 fully saturated rings. The molecule has 2 aromatic carbocycles. The number of aryl methyl sites for hydroxylation is 1. The van der Waals surface area contributed by atoms with Crippen molar-refractivity contribution in [3.05, 3.63) is 70.9 Å². The molecule has 2 unspecified atom stereocenters. The van der Waals surface area contributed by atoms with Crippen molar-refractivity contribution >= 4 is 28.2 Å². The van der Waals surface area contributed by atoms with Crippen LogP contribution in [0.3, 0.4) is 0 Å². The number of methoxy groups -OCH3 is 1. The fraction of sp³-hybridized carbons (Fsp3) is 0.286. The van der Waals surface area contributed by atoms with Crippen molar-refractivity contribution in [2.45, 2.75) is 24.7 Å². The first kappa shape index (κ1) is 21.4. The summed E-state index contributed by atoms with van der Waals surface area (Å²) in [6.45, 7) is 0.885. The summed E-state index contributed by atoms with van der Waals surface area (Å²) in [5.41, 5.74) is -1.14. The van der Waals surface area contributed by atoms with Gasteiger partial charge in [0.05, 0.1) is 18.2 Å². The lowest BCUT2D eigenvalue weighted by Gasteiger charge is -2.38. The maximum absolute atomic E-state index is 14.0. The van der Waals surface area contributed by atoms with E-state index in [4.69, 9.17) is 16.3 Å². The summed E-state index contributed by atoms with van der Waals surface area (Å²) in [6, 6.07) is 13.0. The first-order valence-electron chi connectivity index (χ1n) is 8.82. The van der Waals surface area contributed by atoms with E-state index in [0.717, 1.165) is 12.8 Å². The van der Waals surface area contributed by atoms with Gasteiger partial charge in [-0.2, -0.15) is 13.2 Å². The Morgan fingerprint density at radius 1 is 1.10 bits per heavy atom. The van der Waals surface area contributed by atoms with Crippen LogP contribution in [0.15, 0.2) is 54.6 Å². The number of nitrogens with one attached hydrogen (secondary N) is 1. The van der Waals surface area contributed by atoms with E-state index in [9.17, 15) is 18.3 Å². The number of aromatic nitrogens is 1. The van der Waals surface area contributed by atoms with Gasteiger partial charge in [0.2, 0.25) is 5.60 Å². The van der Waals surface area contributed by atoms with E-state index >= 15 is 0 Å². The molecule has 0 aliphatic heterocycles. The number of rotatable bonds is 6. The van der Waals surface area contributed by atoms with Crippen molar-refractivity contribution in [3.8, 4) is 0 Å². The predicted molar refractivity (Wildman–Crippen MR) is 107 cm³/mol. The number of anilines is 1. The Morgan fingerprint density at radius 3 is 2.41 bits per heavy atom. The number of halogens is 4. The highest BCUT2D eigenvalue weighted by Gasteiger charge is 2.59. The van der Waals surface area contributed by atoms with Crippen molar-refractivity contribution < 1.29 is 23.0 Å². The molecule has 0 radical (unpaired) electrons. The number of ether oxygens (including phenoxy) is 1. The summed E-state index contributed by atoms with van der Waals surface area (Å²) in [5, 5.41) is 14.6. The largest absolute Gasteiger partial charge is 0.421 e. The molecule has 2 N–H and O–H groups in total. The van der Waals surface area contributed by atoms with Crippen LogP contribution in [0.2, 0.25) is 5.02 Å². The molecule has 0 amide bonds. The van der Waals surface area contributed by atoms with Crippen LogP contribution >= 0.6 is 11.6 Å². The third-order valence-corrected chi connectivity index (χ3v) is 4.96. The average Bonchev–Trinajstić information content (AvgIpc) is 2.66. The number of pyridine rings is 1. The lowest BCUT2D eigenvalue weighted by molar-refractivity contribution is -0.279. The van der Waals surface area contributed by atoms with Gasteiger partial charge in [-0.1, -0.05) is 29.8 Å². The second-order valence-corrected chi connectivity index (χ2v) is 7.25. The molecule has 3 aromatic rings. The molecule has 0 saturated carbocycles. The maximum atomic E-state index is 14.0. The van der Waals surface area contributed by atoms with E-state index < -0.39 is 24.4 Å². The molecule has 2 atom stereocenters. The van der Waals surface area contributed by atoms with Crippen LogP contribution in [0.4, 0.5) is 18.9 Å². The SMILES string of the molecule is COCC(O)(C(Nc1cccc2nc(C)ccc12)c1ccc(Cl)cc1)C(F)(F)F. The van der Waals surface area contributed by atoms with Gasteiger partial charge in [-0.15, -0.1) is 0 Å². The number of fused-ring (bicyclic) bond motifs is 1. The summed E-state index contributed by atoms with van der Waals surface area (Å²) in [7, 11) is 1.11. The minimum Gasteiger partial charge on any atom is -0.381 e. The third-order valence-electron chi connectivity index (χ3n) is 4.71. The molecule has 1 heterocycles. The second-order valence-electron chi connectivity index (χ2n) is 6.81. The van der Waals surface area contributed by atoms with E-state index in [2.05, 4.69) is 10.3 Å². The monoisotopic (exact) mass is 424 g/mol. The van der Waals surface area contributed by atoms with Crippen molar-refractivity contribution in [1.82, 2.24) is 4.98 Å². The van der Waals surface area contributed by atoms with Crippen LogP contribution in [0.25, 0.3) is 10.9 Å². The first-order valence-corrected chi connectivity index (χ1v) is 9.20. The van der Waals surface area contributed by atoms with E-state index in [-0.39, 0.29) is 5.56 Å². The Bertz CT molecular complexity index is 995. The van der Waals surface area contributed by atoms with Crippen LogP contribution in [0.1, 0.15) is 17.3 Å². The van der Waals surface area contributed by atoms with Crippen molar-refractivity contribution in [2.24, 2.45) is 0 Å². The number of aliphatic hydroxyl groups is 1. The van der Waals surface area contributed by atoms with Crippen molar-refractivity contribution in [2.75, 3.05) is 19.0 Å². The fourth-order valence-corrected chi connectivity index (χ4v) is 3.35.